The van der Waals surface area contributed by atoms with Gasteiger partial charge in [-0.1, -0.05) is 6.58 Å². The van der Waals surface area contributed by atoms with Crippen molar-refractivity contribution in [2.24, 2.45) is 0 Å². The summed E-state index contributed by atoms with van der Waals surface area (Å²) < 4.78 is 5.52. The highest BCUT2D eigenvalue weighted by Crippen LogP contribution is 2.23. The average molecular weight is 183 g/mol. The van der Waals surface area contributed by atoms with Crippen molar-refractivity contribution >= 4 is 5.91 Å². The number of carbonyl (C=O) groups is 1. The lowest BCUT2D eigenvalue weighted by Gasteiger charge is -2.21. The topological polar surface area (TPSA) is 38.3 Å². The Kier molecular flexibility index (Phi) is 3.34. The number of nitrogens with one attached hydrogen (secondary N) is 1. The van der Waals surface area contributed by atoms with Crippen LogP contribution in [0.15, 0.2) is 12.3 Å². The van der Waals surface area contributed by atoms with Gasteiger partial charge in [0.1, 0.15) is 6.10 Å². The minimum Gasteiger partial charge on any atom is -0.494 e. The van der Waals surface area contributed by atoms with Crippen molar-refractivity contribution < 1.29 is 9.53 Å². The maximum absolute atomic E-state index is 10.8. The lowest BCUT2D eigenvalue weighted by Crippen LogP contribution is -2.39. The Labute approximate surface area is 79.2 Å². The van der Waals surface area contributed by atoms with Crippen LogP contribution in [-0.2, 0) is 9.53 Å². The maximum atomic E-state index is 10.8. The molecule has 1 amide bonds. The normalized spacial score (nSPS) is 26.9. The molecule has 3 nitrogen and oxygen atoms in total. The van der Waals surface area contributed by atoms with Gasteiger partial charge >= 0.3 is 0 Å². The molecule has 0 saturated heterocycles. The molecule has 1 aliphatic rings. The molecule has 3 heteroatoms. The molecule has 0 spiro atoms. The summed E-state index contributed by atoms with van der Waals surface area (Å²) in [6, 6.07) is 0.175. The lowest BCUT2D eigenvalue weighted by atomic mass is 10.2. The highest BCUT2D eigenvalue weighted by atomic mass is 16.5. The number of hydrogen-bond acceptors (Lipinski definition) is 2. The van der Waals surface area contributed by atoms with Gasteiger partial charge in [-0.2, -0.15) is 0 Å². The van der Waals surface area contributed by atoms with Gasteiger partial charge in [0.05, 0.1) is 11.8 Å². The van der Waals surface area contributed by atoms with Crippen LogP contribution in [0.4, 0.5) is 0 Å². The van der Waals surface area contributed by atoms with Gasteiger partial charge in [-0.3, -0.25) is 4.79 Å². The smallest absolute Gasteiger partial charge is 0.217 e. The number of hydrogen-bond donors (Lipinski definition) is 1. The van der Waals surface area contributed by atoms with Crippen molar-refractivity contribution in [1.82, 2.24) is 5.32 Å². The molecule has 1 fully saturated rings. The highest BCUT2D eigenvalue weighted by molar-refractivity contribution is 5.73. The molecule has 1 rings (SSSR count). The Hall–Kier alpha value is -0.990. The van der Waals surface area contributed by atoms with E-state index >= 15 is 0 Å². The van der Waals surface area contributed by atoms with Gasteiger partial charge in [-0.05, 0) is 26.2 Å². The van der Waals surface area contributed by atoms with E-state index in [0.29, 0.717) is 0 Å². The molecule has 0 unspecified atom stereocenters. The van der Waals surface area contributed by atoms with Crippen LogP contribution in [0, 0.1) is 0 Å². The predicted molar refractivity (Wildman–Crippen MR) is 51.1 cm³/mol. The molecule has 0 aromatic carbocycles. The molecule has 1 aliphatic carbocycles. The van der Waals surface area contributed by atoms with Crippen LogP contribution in [0.1, 0.15) is 33.1 Å². The molecular weight excluding hydrogens is 166 g/mol. The molecule has 74 valence electrons. The fraction of sp³-hybridized carbons (Fsp3) is 0.700. The SMILES string of the molecule is C=C(C)O[C@@H]1CCC[C@H]1NC(C)=O. The third kappa shape index (κ3) is 3.09. The van der Waals surface area contributed by atoms with Gasteiger partial charge < -0.3 is 10.1 Å². The van der Waals surface area contributed by atoms with Crippen molar-refractivity contribution in [2.45, 2.75) is 45.3 Å². The summed E-state index contributed by atoms with van der Waals surface area (Å²) in [5.41, 5.74) is 0. The first-order chi connectivity index (χ1) is 6.09. The van der Waals surface area contributed by atoms with E-state index in [1.54, 1.807) is 0 Å². The molecule has 0 aromatic rings. The molecule has 1 N–H and O–H groups in total. The van der Waals surface area contributed by atoms with Crippen LogP contribution in [0.25, 0.3) is 0 Å². The number of rotatable bonds is 3. The van der Waals surface area contributed by atoms with Crippen molar-refractivity contribution in [1.29, 1.82) is 0 Å². The van der Waals surface area contributed by atoms with E-state index in [1.165, 1.54) is 6.92 Å². The van der Waals surface area contributed by atoms with E-state index in [-0.39, 0.29) is 18.1 Å². The number of ether oxygens (including phenoxy) is 1. The average Bonchev–Trinajstić information content (AvgIpc) is 2.34. The van der Waals surface area contributed by atoms with E-state index < -0.39 is 0 Å². The van der Waals surface area contributed by atoms with Crippen LogP contribution in [0.2, 0.25) is 0 Å². The monoisotopic (exact) mass is 183 g/mol. The Morgan fingerprint density at radius 3 is 2.69 bits per heavy atom. The largest absolute Gasteiger partial charge is 0.494 e. The zero-order valence-corrected chi connectivity index (χ0v) is 8.30. The zero-order chi connectivity index (χ0) is 9.84. The van der Waals surface area contributed by atoms with Crippen molar-refractivity contribution in [3.63, 3.8) is 0 Å². The molecule has 0 radical (unpaired) electrons. The number of carbonyl (C=O) groups excluding carboxylic acids is 1. The molecule has 1 saturated carbocycles. The van der Waals surface area contributed by atoms with E-state index in [2.05, 4.69) is 11.9 Å². The third-order valence-corrected chi connectivity index (χ3v) is 2.19. The summed E-state index contributed by atoms with van der Waals surface area (Å²) in [4.78, 5) is 10.8. The molecule has 0 heterocycles. The molecule has 0 bridgehead atoms. The maximum Gasteiger partial charge on any atom is 0.217 e. The second-order valence-corrected chi connectivity index (χ2v) is 3.60. The Morgan fingerprint density at radius 1 is 1.46 bits per heavy atom. The summed E-state index contributed by atoms with van der Waals surface area (Å²) in [6.07, 6.45) is 3.26. The van der Waals surface area contributed by atoms with Gasteiger partial charge in [-0.25, -0.2) is 0 Å². The van der Waals surface area contributed by atoms with E-state index in [4.69, 9.17) is 4.74 Å². The molecule has 2 atom stereocenters. The van der Waals surface area contributed by atoms with E-state index in [0.717, 1.165) is 25.0 Å². The quantitative estimate of drug-likeness (QED) is 0.675. The van der Waals surface area contributed by atoms with Crippen LogP contribution in [0.3, 0.4) is 0 Å². The second-order valence-electron chi connectivity index (χ2n) is 3.60. The van der Waals surface area contributed by atoms with E-state index in [9.17, 15) is 4.79 Å². The first-order valence-electron chi connectivity index (χ1n) is 4.69. The molecular formula is C10H17NO2. The number of amides is 1. The summed E-state index contributed by atoms with van der Waals surface area (Å²) in [6.45, 7) is 7.07. The summed E-state index contributed by atoms with van der Waals surface area (Å²) in [5.74, 6) is 0.740. The van der Waals surface area contributed by atoms with Gasteiger partial charge in [0.15, 0.2) is 0 Å². The minimum absolute atomic E-state index is 0.0159. The van der Waals surface area contributed by atoms with E-state index in [1.807, 2.05) is 6.92 Å². The van der Waals surface area contributed by atoms with Crippen molar-refractivity contribution in [2.75, 3.05) is 0 Å². The fourth-order valence-electron chi connectivity index (χ4n) is 1.75. The van der Waals surface area contributed by atoms with Crippen molar-refractivity contribution in [3.8, 4) is 0 Å². The minimum atomic E-state index is 0.0159. The molecule has 0 aromatic heterocycles. The Balaban J connectivity index is 2.43. The predicted octanol–water partition coefficient (Wildman–Crippen LogP) is 1.59. The Morgan fingerprint density at radius 2 is 2.15 bits per heavy atom. The zero-order valence-electron chi connectivity index (χ0n) is 8.30. The first kappa shape index (κ1) is 10.1. The van der Waals surface area contributed by atoms with Crippen LogP contribution >= 0.6 is 0 Å². The summed E-state index contributed by atoms with van der Waals surface area (Å²) >= 11 is 0. The standard InChI is InChI=1S/C10H17NO2/c1-7(2)13-10-6-4-5-9(10)11-8(3)12/h9-10H,1,4-6H2,2-3H3,(H,11,12)/t9-,10-/m1/s1. The third-order valence-electron chi connectivity index (χ3n) is 2.19. The molecule has 0 aliphatic heterocycles. The molecule has 13 heavy (non-hydrogen) atoms. The Bertz CT molecular complexity index is 191. The fourth-order valence-corrected chi connectivity index (χ4v) is 1.75. The second kappa shape index (κ2) is 4.30. The summed E-state index contributed by atoms with van der Waals surface area (Å²) in [7, 11) is 0. The van der Waals surface area contributed by atoms with Crippen LogP contribution in [-0.4, -0.2) is 18.1 Å². The first-order valence-corrected chi connectivity index (χ1v) is 4.69. The van der Waals surface area contributed by atoms with Gasteiger partial charge in [0, 0.05) is 6.92 Å². The number of allylic oxidation sites excluding steroid dienone is 1. The lowest BCUT2D eigenvalue weighted by molar-refractivity contribution is -0.120. The highest BCUT2D eigenvalue weighted by Gasteiger charge is 2.29. The van der Waals surface area contributed by atoms with Crippen LogP contribution in [0.5, 0.6) is 0 Å². The van der Waals surface area contributed by atoms with Gasteiger partial charge in [0.2, 0.25) is 5.91 Å². The van der Waals surface area contributed by atoms with Gasteiger partial charge in [0.25, 0.3) is 0 Å². The van der Waals surface area contributed by atoms with Gasteiger partial charge in [-0.15, -0.1) is 0 Å². The summed E-state index contributed by atoms with van der Waals surface area (Å²) in [5, 5.41) is 2.89. The van der Waals surface area contributed by atoms with Crippen LogP contribution < -0.4 is 5.32 Å². The van der Waals surface area contributed by atoms with Crippen molar-refractivity contribution in [3.05, 3.63) is 12.3 Å².